The van der Waals surface area contributed by atoms with Crippen LogP contribution >= 0.6 is 0 Å². The largest absolute Gasteiger partial charge is 0.248 e. The lowest BCUT2D eigenvalue weighted by atomic mass is 9.81. The first-order valence-electron chi connectivity index (χ1n) is 5.61. The Balaban J connectivity index is 2.35. The number of para-hydroxylation sites is 2. The molecule has 2 nitrogen and oxygen atoms in total. The Morgan fingerprint density at radius 2 is 1.75 bits per heavy atom. The first kappa shape index (κ1) is 9.52. The second kappa shape index (κ2) is 3.14. The minimum atomic E-state index is 0.0983. The Labute approximate surface area is 95.0 Å². The summed E-state index contributed by atoms with van der Waals surface area (Å²) in [6.45, 7) is 4.44. The molecule has 0 atom stereocenters. The molecule has 1 aliphatic carbocycles. The highest BCUT2D eigenvalue weighted by molar-refractivity contribution is 5.76. The standard InChI is InChI=1S/C14H14N2/c1-14(2)9-5-8-12-13(14)16-11-7-4-3-6-10(11)15-12/h3-8H,9H2,1-2H3. The van der Waals surface area contributed by atoms with Gasteiger partial charge in [0, 0.05) is 5.41 Å². The molecule has 0 unspecified atom stereocenters. The molecule has 0 aliphatic heterocycles. The van der Waals surface area contributed by atoms with Crippen molar-refractivity contribution in [2.45, 2.75) is 25.7 Å². The molecule has 0 N–H and O–H groups in total. The van der Waals surface area contributed by atoms with E-state index in [0.717, 1.165) is 28.8 Å². The maximum atomic E-state index is 4.75. The molecule has 0 saturated heterocycles. The average molecular weight is 210 g/mol. The van der Waals surface area contributed by atoms with Gasteiger partial charge in [-0.05, 0) is 24.6 Å². The quantitative estimate of drug-likeness (QED) is 0.666. The third kappa shape index (κ3) is 1.33. The fourth-order valence-corrected chi connectivity index (χ4v) is 2.19. The van der Waals surface area contributed by atoms with Crippen molar-refractivity contribution in [2.24, 2.45) is 0 Å². The lowest BCUT2D eigenvalue weighted by molar-refractivity contribution is 0.510. The minimum Gasteiger partial charge on any atom is -0.248 e. The van der Waals surface area contributed by atoms with Crippen molar-refractivity contribution >= 4 is 17.1 Å². The molecule has 0 amide bonds. The summed E-state index contributed by atoms with van der Waals surface area (Å²) in [6.07, 6.45) is 5.30. The molecule has 0 saturated carbocycles. The summed E-state index contributed by atoms with van der Waals surface area (Å²) in [5.74, 6) is 0. The van der Waals surface area contributed by atoms with Crippen LogP contribution in [0.15, 0.2) is 30.3 Å². The fraction of sp³-hybridized carbons (Fsp3) is 0.286. The van der Waals surface area contributed by atoms with E-state index in [1.807, 2.05) is 24.3 Å². The van der Waals surface area contributed by atoms with E-state index in [2.05, 4.69) is 31.0 Å². The third-order valence-corrected chi connectivity index (χ3v) is 3.14. The van der Waals surface area contributed by atoms with Crippen molar-refractivity contribution in [3.8, 4) is 0 Å². The van der Waals surface area contributed by atoms with Gasteiger partial charge in [-0.2, -0.15) is 0 Å². The Kier molecular flexibility index (Phi) is 1.87. The normalized spacial score (nSPS) is 17.4. The second-order valence-corrected chi connectivity index (χ2v) is 4.94. The SMILES string of the molecule is CC1(C)CC=Cc2nc3ccccc3nc21. The molecular weight excluding hydrogens is 196 g/mol. The third-order valence-electron chi connectivity index (χ3n) is 3.14. The van der Waals surface area contributed by atoms with Gasteiger partial charge in [0.2, 0.25) is 0 Å². The highest BCUT2D eigenvalue weighted by Gasteiger charge is 2.27. The van der Waals surface area contributed by atoms with Crippen LogP contribution in [0.4, 0.5) is 0 Å². The van der Waals surface area contributed by atoms with E-state index in [4.69, 9.17) is 4.98 Å². The summed E-state index contributed by atoms with van der Waals surface area (Å²) >= 11 is 0. The summed E-state index contributed by atoms with van der Waals surface area (Å²) in [4.78, 5) is 9.42. The predicted molar refractivity (Wildman–Crippen MR) is 66.2 cm³/mol. The van der Waals surface area contributed by atoms with Gasteiger partial charge in [-0.1, -0.05) is 32.1 Å². The highest BCUT2D eigenvalue weighted by Crippen LogP contribution is 2.33. The second-order valence-electron chi connectivity index (χ2n) is 4.94. The van der Waals surface area contributed by atoms with E-state index in [-0.39, 0.29) is 5.41 Å². The molecule has 80 valence electrons. The predicted octanol–water partition coefficient (Wildman–Crippen LogP) is 3.32. The van der Waals surface area contributed by atoms with Crippen LogP contribution in [-0.2, 0) is 5.41 Å². The maximum Gasteiger partial charge on any atom is 0.0894 e. The van der Waals surface area contributed by atoms with Gasteiger partial charge in [-0.3, -0.25) is 0 Å². The molecule has 1 aliphatic rings. The smallest absolute Gasteiger partial charge is 0.0894 e. The number of aromatic nitrogens is 2. The van der Waals surface area contributed by atoms with Crippen LogP contribution in [-0.4, -0.2) is 9.97 Å². The van der Waals surface area contributed by atoms with Crippen LogP contribution in [0.2, 0.25) is 0 Å². The molecule has 1 heterocycles. The Bertz CT molecular complexity index is 582. The van der Waals surface area contributed by atoms with Crippen LogP contribution in [0.5, 0.6) is 0 Å². The first-order chi connectivity index (χ1) is 7.67. The number of hydrogen-bond donors (Lipinski definition) is 0. The molecule has 2 aromatic rings. The molecule has 1 aromatic heterocycles. The van der Waals surface area contributed by atoms with E-state index >= 15 is 0 Å². The van der Waals surface area contributed by atoms with Gasteiger partial charge in [0.05, 0.1) is 22.4 Å². The van der Waals surface area contributed by atoms with Crippen LogP contribution in [0.3, 0.4) is 0 Å². The van der Waals surface area contributed by atoms with Crippen LogP contribution in [0, 0.1) is 0 Å². The van der Waals surface area contributed by atoms with Gasteiger partial charge in [0.1, 0.15) is 0 Å². The zero-order chi connectivity index (χ0) is 11.2. The molecule has 0 bridgehead atoms. The number of allylic oxidation sites excluding steroid dienone is 1. The van der Waals surface area contributed by atoms with Crippen LogP contribution < -0.4 is 0 Å². The lowest BCUT2D eigenvalue weighted by Crippen LogP contribution is -2.22. The minimum absolute atomic E-state index is 0.0983. The van der Waals surface area contributed by atoms with Crippen molar-refractivity contribution in [1.82, 2.24) is 9.97 Å². The summed E-state index contributed by atoms with van der Waals surface area (Å²) in [5, 5.41) is 0. The Morgan fingerprint density at radius 3 is 2.50 bits per heavy atom. The van der Waals surface area contributed by atoms with Crippen molar-refractivity contribution < 1.29 is 0 Å². The maximum absolute atomic E-state index is 4.75. The molecule has 2 heteroatoms. The first-order valence-corrected chi connectivity index (χ1v) is 5.61. The molecular formula is C14H14N2. The number of nitrogens with zero attached hydrogens (tertiary/aromatic N) is 2. The summed E-state index contributed by atoms with van der Waals surface area (Å²) in [7, 11) is 0. The number of hydrogen-bond acceptors (Lipinski definition) is 2. The summed E-state index contributed by atoms with van der Waals surface area (Å²) in [6, 6.07) is 8.05. The molecule has 16 heavy (non-hydrogen) atoms. The van der Waals surface area contributed by atoms with E-state index < -0.39 is 0 Å². The van der Waals surface area contributed by atoms with Gasteiger partial charge < -0.3 is 0 Å². The number of fused-ring (bicyclic) bond motifs is 2. The topological polar surface area (TPSA) is 25.8 Å². The zero-order valence-electron chi connectivity index (χ0n) is 9.57. The Hall–Kier alpha value is -1.70. The van der Waals surface area contributed by atoms with Gasteiger partial charge >= 0.3 is 0 Å². The van der Waals surface area contributed by atoms with Gasteiger partial charge in [-0.25, -0.2) is 9.97 Å². The van der Waals surface area contributed by atoms with E-state index in [1.54, 1.807) is 0 Å². The monoisotopic (exact) mass is 210 g/mol. The number of rotatable bonds is 0. The van der Waals surface area contributed by atoms with Gasteiger partial charge in [-0.15, -0.1) is 0 Å². The van der Waals surface area contributed by atoms with E-state index in [0.29, 0.717) is 0 Å². The molecule has 3 rings (SSSR count). The summed E-state index contributed by atoms with van der Waals surface area (Å²) < 4.78 is 0. The van der Waals surface area contributed by atoms with Crippen LogP contribution in [0.25, 0.3) is 17.1 Å². The van der Waals surface area contributed by atoms with Crippen molar-refractivity contribution in [1.29, 1.82) is 0 Å². The lowest BCUT2D eigenvalue weighted by Gasteiger charge is -2.27. The van der Waals surface area contributed by atoms with Crippen molar-refractivity contribution in [2.75, 3.05) is 0 Å². The van der Waals surface area contributed by atoms with E-state index in [9.17, 15) is 0 Å². The molecule has 0 radical (unpaired) electrons. The molecule has 0 spiro atoms. The molecule has 1 aromatic carbocycles. The van der Waals surface area contributed by atoms with Gasteiger partial charge in [0.15, 0.2) is 0 Å². The average Bonchev–Trinajstić information content (AvgIpc) is 2.27. The molecule has 0 fully saturated rings. The van der Waals surface area contributed by atoms with Gasteiger partial charge in [0.25, 0.3) is 0 Å². The van der Waals surface area contributed by atoms with Crippen molar-refractivity contribution in [3.05, 3.63) is 41.7 Å². The van der Waals surface area contributed by atoms with Crippen molar-refractivity contribution in [3.63, 3.8) is 0 Å². The van der Waals surface area contributed by atoms with Crippen LogP contribution in [0.1, 0.15) is 31.7 Å². The zero-order valence-corrected chi connectivity index (χ0v) is 9.57. The summed E-state index contributed by atoms with van der Waals surface area (Å²) in [5.41, 5.74) is 4.21. The Morgan fingerprint density at radius 1 is 1.06 bits per heavy atom. The highest BCUT2D eigenvalue weighted by atomic mass is 14.8. The number of benzene rings is 1. The van der Waals surface area contributed by atoms with E-state index in [1.165, 1.54) is 0 Å². The fourth-order valence-electron chi connectivity index (χ4n) is 2.19.